The molecule has 6 atom stereocenters. The number of fused-ring (bicyclic) bond motifs is 2. The number of anilines is 1. The van der Waals surface area contributed by atoms with E-state index in [-0.39, 0.29) is 23.5 Å². The third kappa shape index (κ3) is 7.94. The summed E-state index contributed by atoms with van der Waals surface area (Å²) in [4.78, 5) is 12.7. The normalized spacial score (nSPS) is 30.3. The lowest BCUT2D eigenvalue weighted by Crippen LogP contribution is -2.35. The zero-order valence-corrected chi connectivity index (χ0v) is 21.2. The molecule has 0 saturated carbocycles. The molecule has 0 radical (unpaired) electrons. The molecule has 1 aliphatic rings. The number of allylic oxidation sites excluding steroid dienone is 1. The number of methoxy groups -OCH3 is 2. The van der Waals surface area contributed by atoms with Crippen LogP contribution in [0.25, 0.3) is 0 Å². The molecular formula is C27H41NO6. The van der Waals surface area contributed by atoms with Crippen molar-refractivity contribution in [3.05, 3.63) is 47.1 Å². The number of aromatic hydroxyl groups is 1. The van der Waals surface area contributed by atoms with Crippen LogP contribution in [0.15, 0.2) is 41.5 Å². The number of carbonyl (C=O) groups is 1. The van der Waals surface area contributed by atoms with Crippen LogP contribution in [0.5, 0.6) is 5.75 Å². The Kier molecular flexibility index (Phi) is 10.8. The van der Waals surface area contributed by atoms with Gasteiger partial charge in [0.1, 0.15) is 11.9 Å². The van der Waals surface area contributed by atoms with Crippen molar-refractivity contribution < 1.29 is 29.6 Å². The van der Waals surface area contributed by atoms with Gasteiger partial charge in [-0.15, -0.1) is 0 Å². The van der Waals surface area contributed by atoms with Gasteiger partial charge < -0.3 is 30.1 Å². The second-order valence-corrected chi connectivity index (χ2v) is 9.61. The first-order valence-corrected chi connectivity index (χ1v) is 12.0. The van der Waals surface area contributed by atoms with Gasteiger partial charge in [-0.3, -0.25) is 4.79 Å². The van der Waals surface area contributed by atoms with Crippen molar-refractivity contribution >= 4 is 11.6 Å². The van der Waals surface area contributed by atoms with Crippen molar-refractivity contribution in [3.8, 4) is 5.75 Å². The quantitative estimate of drug-likeness (QED) is 0.482. The molecule has 0 spiro atoms. The van der Waals surface area contributed by atoms with Crippen LogP contribution in [0, 0.1) is 11.8 Å². The number of nitrogens with one attached hydrogen (secondary N) is 1. The Morgan fingerprint density at radius 2 is 1.71 bits per heavy atom. The number of phenolic OH excluding ortho intramolecular Hbond substituents is 1. The maximum absolute atomic E-state index is 12.7. The Balaban J connectivity index is 2.39. The highest BCUT2D eigenvalue weighted by Gasteiger charge is 2.27. The van der Waals surface area contributed by atoms with Crippen LogP contribution in [0.2, 0.25) is 0 Å². The minimum absolute atomic E-state index is 0.0852. The highest BCUT2D eigenvalue weighted by molar-refractivity contribution is 6.03. The molecule has 2 bridgehead atoms. The zero-order chi connectivity index (χ0) is 25.4. The van der Waals surface area contributed by atoms with E-state index in [0.29, 0.717) is 36.9 Å². The summed E-state index contributed by atoms with van der Waals surface area (Å²) in [5.41, 5.74) is 2.69. The SMILES string of the molecule is CO[C@H]1C[C@H](C)Cc2cc(O)cc(c2)NC(=O)C(C)=CCC[C@H](OC)[C@@H](O)C(C)=C[C@H](C)[C@H]1O. The molecule has 0 aliphatic carbocycles. The number of hydrogen-bond acceptors (Lipinski definition) is 6. The first-order chi connectivity index (χ1) is 16.0. The van der Waals surface area contributed by atoms with Gasteiger partial charge in [0, 0.05) is 37.5 Å². The van der Waals surface area contributed by atoms with E-state index in [4.69, 9.17) is 9.47 Å². The third-order valence-corrected chi connectivity index (χ3v) is 6.58. The molecule has 7 heteroatoms. The number of aliphatic hydroxyl groups excluding tert-OH is 2. The molecule has 0 aromatic heterocycles. The summed E-state index contributed by atoms with van der Waals surface area (Å²) in [6.07, 6.45) is 3.62. The number of benzene rings is 1. The van der Waals surface area contributed by atoms with Gasteiger partial charge in [-0.1, -0.05) is 26.0 Å². The molecule has 4 N–H and O–H groups in total. The van der Waals surface area contributed by atoms with Gasteiger partial charge in [0.25, 0.3) is 5.91 Å². The van der Waals surface area contributed by atoms with Crippen LogP contribution in [-0.2, 0) is 20.7 Å². The summed E-state index contributed by atoms with van der Waals surface area (Å²) in [6, 6.07) is 5.08. The number of carbonyl (C=O) groups excluding carboxylic acids is 1. The van der Waals surface area contributed by atoms with Crippen LogP contribution >= 0.6 is 0 Å². The maximum Gasteiger partial charge on any atom is 0.250 e. The van der Waals surface area contributed by atoms with Crippen molar-refractivity contribution in [1.82, 2.24) is 0 Å². The average molecular weight is 476 g/mol. The number of ether oxygens (including phenoxy) is 2. The van der Waals surface area contributed by atoms with Crippen molar-refractivity contribution in [2.24, 2.45) is 11.8 Å². The molecule has 34 heavy (non-hydrogen) atoms. The number of rotatable bonds is 2. The number of phenols is 1. The molecule has 1 aliphatic heterocycles. The van der Waals surface area contributed by atoms with E-state index in [0.717, 1.165) is 11.1 Å². The minimum atomic E-state index is -0.825. The molecule has 7 nitrogen and oxygen atoms in total. The summed E-state index contributed by atoms with van der Waals surface area (Å²) in [6.45, 7) is 7.55. The van der Waals surface area contributed by atoms with Crippen LogP contribution in [-0.4, -0.2) is 59.9 Å². The Bertz CT molecular complexity index is 880. The van der Waals surface area contributed by atoms with Crippen molar-refractivity contribution in [1.29, 1.82) is 0 Å². The molecule has 0 unspecified atom stereocenters. The van der Waals surface area contributed by atoms with E-state index >= 15 is 0 Å². The minimum Gasteiger partial charge on any atom is -0.508 e. The van der Waals surface area contributed by atoms with Crippen LogP contribution < -0.4 is 5.32 Å². The summed E-state index contributed by atoms with van der Waals surface area (Å²) < 4.78 is 11.2. The Morgan fingerprint density at radius 3 is 2.35 bits per heavy atom. The Hall–Kier alpha value is -2.19. The summed E-state index contributed by atoms with van der Waals surface area (Å²) in [5.74, 6) is -0.247. The molecule has 1 amide bonds. The fourth-order valence-electron chi connectivity index (χ4n) is 4.56. The number of aliphatic hydroxyl groups is 2. The van der Waals surface area contributed by atoms with Crippen LogP contribution in [0.4, 0.5) is 5.69 Å². The van der Waals surface area contributed by atoms with E-state index in [2.05, 4.69) is 12.2 Å². The van der Waals surface area contributed by atoms with E-state index in [1.807, 2.05) is 32.1 Å². The second kappa shape index (κ2) is 13.0. The van der Waals surface area contributed by atoms with Crippen LogP contribution in [0.3, 0.4) is 0 Å². The highest BCUT2D eigenvalue weighted by Crippen LogP contribution is 2.27. The van der Waals surface area contributed by atoms with Gasteiger partial charge in [-0.25, -0.2) is 0 Å². The number of hydrogen-bond donors (Lipinski definition) is 4. The van der Waals surface area contributed by atoms with E-state index in [1.165, 1.54) is 6.07 Å². The topological polar surface area (TPSA) is 108 Å². The lowest BCUT2D eigenvalue weighted by molar-refractivity contribution is -0.112. The Morgan fingerprint density at radius 1 is 1.03 bits per heavy atom. The molecule has 1 heterocycles. The highest BCUT2D eigenvalue weighted by atomic mass is 16.5. The molecule has 1 aromatic carbocycles. The standard InChI is InChI=1S/C27H41NO6/c1-16-10-20-13-21(15-22(29)14-20)28-27(32)17(2)8-7-9-23(33-5)25(30)18(3)12-19(4)26(31)24(11-16)34-6/h8,12-16,19,23-26,29-31H,7,9-11H2,1-6H3,(H,28,32)/t16-,19+,23+,24+,25+,26-/m1/s1. The van der Waals surface area contributed by atoms with Crippen molar-refractivity contribution in [2.75, 3.05) is 19.5 Å². The van der Waals surface area contributed by atoms with E-state index in [9.17, 15) is 20.1 Å². The average Bonchev–Trinajstić information content (AvgIpc) is 2.78. The van der Waals surface area contributed by atoms with Gasteiger partial charge in [0.2, 0.25) is 0 Å². The molecule has 1 aromatic rings. The molecule has 190 valence electrons. The predicted molar refractivity (Wildman–Crippen MR) is 134 cm³/mol. The number of amides is 1. The monoisotopic (exact) mass is 475 g/mol. The van der Waals surface area contributed by atoms with Gasteiger partial charge in [-0.2, -0.15) is 0 Å². The third-order valence-electron chi connectivity index (χ3n) is 6.58. The van der Waals surface area contributed by atoms with Crippen molar-refractivity contribution in [3.63, 3.8) is 0 Å². The first-order valence-electron chi connectivity index (χ1n) is 12.0. The van der Waals surface area contributed by atoms with Gasteiger partial charge in [0.05, 0.1) is 18.3 Å². The fraction of sp³-hybridized carbons (Fsp3) is 0.593. The largest absolute Gasteiger partial charge is 0.508 e. The van der Waals surface area contributed by atoms with E-state index in [1.54, 1.807) is 27.2 Å². The molecule has 2 rings (SSSR count). The summed E-state index contributed by atoms with van der Waals surface area (Å²) in [7, 11) is 3.15. The lowest BCUT2D eigenvalue weighted by Gasteiger charge is -2.29. The predicted octanol–water partition coefficient (Wildman–Crippen LogP) is 3.97. The zero-order valence-electron chi connectivity index (χ0n) is 21.2. The van der Waals surface area contributed by atoms with Gasteiger partial charge in [0.15, 0.2) is 0 Å². The summed E-state index contributed by atoms with van der Waals surface area (Å²) in [5, 5.41) is 34.9. The maximum atomic E-state index is 12.7. The fourth-order valence-corrected chi connectivity index (χ4v) is 4.56. The lowest BCUT2D eigenvalue weighted by atomic mass is 9.88. The van der Waals surface area contributed by atoms with Crippen molar-refractivity contribution in [2.45, 2.75) is 77.8 Å². The summed E-state index contributed by atoms with van der Waals surface area (Å²) >= 11 is 0. The smallest absolute Gasteiger partial charge is 0.250 e. The molecular weight excluding hydrogens is 434 g/mol. The van der Waals surface area contributed by atoms with Gasteiger partial charge in [-0.05, 0) is 68.7 Å². The second-order valence-electron chi connectivity index (χ2n) is 9.61. The molecule has 0 saturated heterocycles. The first kappa shape index (κ1) is 28.1. The van der Waals surface area contributed by atoms with Crippen LogP contribution in [0.1, 0.15) is 52.5 Å². The van der Waals surface area contributed by atoms with E-state index < -0.39 is 24.4 Å². The molecule has 0 fully saturated rings. The van der Waals surface area contributed by atoms with Gasteiger partial charge >= 0.3 is 0 Å². The Labute approximate surface area is 203 Å².